The van der Waals surface area contributed by atoms with Gasteiger partial charge in [0.25, 0.3) is 0 Å². The SMILES string of the molecule is Cl.OCc1ccccc1OCCCN1CCCCC1. The lowest BCUT2D eigenvalue weighted by molar-refractivity contribution is 0.202. The third kappa shape index (κ3) is 5.39. The molecule has 0 aromatic heterocycles. The first kappa shape index (κ1) is 16.3. The topological polar surface area (TPSA) is 32.7 Å². The fraction of sp³-hybridized carbons (Fsp3) is 0.600. The van der Waals surface area contributed by atoms with Crippen molar-refractivity contribution in [3.63, 3.8) is 0 Å². The van der Waals surface area contributed by atoms with E-state index >= 15 is 0 Å². The summed E-state index contributed by atoms with van der Waals surface area (Å²) in [6.07, 6.45) is 5.12. The fourth-order valence-electron chi connectivity index (χ4n) is 2.43. The molecule has 108 valence electrons. The highest BCUT2D eigenvalue weighted by Gasteiger charge is 2.09. The largest absolute Gasteiger partial charge is 0.493 e. The van der Waals surface area contributed by atoms with Crippen molar-refractivity contribution in [2.45, 2.75) is 32.3 Å². The maximum atomic E-state index is 9.19. The monoisotopic (exact) mass is 285 g/mol. The van der Waals surface area contributed by atoms with Gasteiger partial charge in [-0.3, -0.25) is 0 Å². The van der Waals surface area contributed by atoms with Gasteiger partial charge in [-0.2, -0.15) is 0 Å². The van der Waals surface area contributed by atoms with Crippen LogP contribution < -0.4 is 4.74 Å². The highest BCUT2D eigenvalue weighted by Crippen LogP contribution is 2.18. The van der Waals surface area contributed by atoms with Gasteiger partial charge in [-0.05, 0) is 38.4 Å². The molecule has 4 heteroatoms. The fourth-order valence-corrected chi connectivity index (χ4v) is 2.43. The normalized spacial score (nSPS) is 15.8. The maximum Gasteiger partial charge on any atom is 0.124 e. The number of rotatable bonds is 6. The van der Waals surface area contributed by atoms with Gasteiger partial charge in [0, 0.05) is 12.1 Å². The lowest BCUT2D eigenvalue weighted by atomic mass is 10.1. The van der Waals surface area contributed by atoms with Crippen LogP contribution >= 0.6 is 12.4 Å². The third-order valence-corrected chi connectivity index (χ3v) is 3.47. The lowest BCUT2D eigenvalue weighted by Crippen LogP contribution is -2.31. The summed E-state index contributed by atoms with van der Waals surface area (Å²) in [4.78, 5) is 2.52. The summed E-state index contributed by atoms with van der Waals surface area (Å²) in [6, 6.07) is 7.69. The average Bonchev–Trinajstić information content (AvgIpc) is 2.45. The predicted octanol–water partition coefficient (Wildman–Crippen LogP) is 2.86. The van der Waals surface area contributed by atoms with Crippen LogP contribution in [0, 0.1) is 0 Å². The van der Waals surface area contributed by atoms with Crippen molar-refractivity contribution in [1.82, 2.24) is 4.90 Å². The van der Waals surface area contributed by atoms with E-state index in [1.54, 1.807) is 0 Å². The van der Waals surface area contributed by atoms with Crippen LogP contribution in [0.15, 0.2) is 24.3 Å². The molecule has 0 saturated carbocycles. The van der Waals surface area contributed by atoms with Gasteiger partial charge in [-0.1, -0.05) is 24.6 Å². The van der Waals surface area contributed by atoms with Crippen LogP contribution in [-0.2, 0) is 6.61 Å². The van der Waals surface area contributed by atoms with Crippen molar-refractivity contribution in [3.8, 4) is 5.75 Å². The van der Waals surface area contributed by atoms with Crippen LogP contribution in [0.1, 0.15) is 31.2 Å². The number of aliphatic hydroxyl groups excluding tert-OH is 1. The number of ether oxygens (including phenoxy) is 1. The molecule has 0 aliphatic carbocycles. The third-order valence-electron chi connectivity index (χ3n) is 3.47. The summed E-state index contributed by atoms with van der Waals surface area (Å²) in [5.41, 5.74) is 0.871. The zero-order valence-corrected chi connectivity index (χ0v) is 12.2. The summed E-state index contributed by atoms with van der Waals surface area (Å²) >= 11 is 0. The second kappa shape index (κ2) is 9.18. The number of nitrogens with zero attached hydrogens (tertiary/aromatic N) is 1. The number of aliphatic hydroxyl groups is 1. The smallest absolute Gasteiger partial charge is 0.124 e. The molecule has 0 unspecified atom stereocenters. The molecule has 1 heterocycles. The molecule has 1 aromatic carbocycles. The van der Waals surface area contributed by atoms with Crippen LogP contribution in [0.5, 0.6) is 5.75 Å². The molecule has 0 bridgehead atoms. The van der Waals surface area contributed by atoms with E-state index in [1.165, 1.54) is 32.4 Å². The van der Waals surface area contributed by atoms with Crippen LogP contribution in [0.3, 0.4) is 0 Å². The molecule has 0 spiro atoms. The molecular formula is C15H24ClNO2. The van der Waals surface area contributed by atoms with Gasteiger partial charge in [-0.15, -0.1) is 12.4 Å². The van der Waals surface area contributed by atoms with E-state index in [-0.39, 0.29) is 19.0 Å². The molecule has 19 heavy (non-hydrogen) atoms. The Hall–Kier alpha value is -0.770. The van der Waals surface area contributed by atoms with E-state index < -0.39 is 0 Å². The summed E-state index contributed by atoms with van der Waals surface area (Å²) in [6.45, 7) is 4.39. The van der Waals surface area contributed by atoms with E-state index in [2.05, 4.69) is 4.90 Å². The minimum atomic E-state index is 0. The minimum absolute atomic E-state index is 0. The van der Waals surface area contributed by atoms with Gasteiger partial charge in [0.1, 0.15) is 5.75 Å². The van der Waals surface area contributed by atoms with E-state index in [4.69, 9.17) is 4.74 Å². The number of likely N-dealkylation sites (tertiary alicyclic amines) is 1. The Balaban J connectivity index is 0.00000180. The summed E-state index contributed by atoms with van der Waals surface area (Å²) in [5, 5.41) is 9.19. The average molecular weight is 286 g/mol. The number of halogens is 1. The standard InChI is InChI=1S/C15H23NO2.ClH/c17-13-14-7-2-3-8-15(14)18-12-6-11-16-9-4-1-5-10-16;/h2-3,7-8,17H,1,4-6,9-13H2;1H. The van der Waals surface area contributed by atoms with Crippen molar-refractivity contribution in [2.24, 2.45) is 0 Å². The predicted molar refractivity (Wildman–Crippen MR) is 80.0 cm³/mol. The zero-order valence-electron chi connectivity index (χ0n) is 11.4. The zero-order chi connectivity index (χ0) is 12.6. The second-order valence-electron chi connectivity index (χ2n) is 4.87. The Labute approximate surface area is 122 Å². The number of hydrogen-bond donors (Lipinski definition) is 1. The molecule has 3 nitrogen and oxygen atoms in total. The van der Waals surface area contributed by atoms with E-state index in [9.17, 15) is 5.11 Å². The molecule has 1 saturated heterocycles. The van der Waals surface area contributed by atoms with Crippen molar-refractivity contribution in [3.05, 3.63) is 29.8 Å². The van der Waals surface area contributed by atoms with Gasteiger partial charge in [0.2, 0.25) is 0 Å². The highest BCUT2D eigenvalue weighted by molar-refractivity contribution is 5.85. The molecule has 1 fully saturated rings. The molecule has 1 aliphatic heterocycles. The number of piperidine rings is 1. The highest BCUT2D eigenvalue weighted by atomic mass is 35.5. The Bertz CT molecular complexity index is 354. The first-order valence-electron chi connectivity index (χ1n) is 6.94. The summed E-state index contributed by atoms with van der Waals surface area (Å²) < 4.78 is 5.73. The Kier molecular flexibility index (Phi) is 7.87. The molecule has 0 atom stereocenters. The molecule has 1 aliphatic rings. The van der Waals surface area contributed by atoms with Gasteiger partial charge >= 0.3 is 0 Å². The van der Waals surface area contributed by atoms with E-state index in [0.717, 1.165) is 30.9 Å². The second-order valence-corrected chi connectivity index (χ2v) is 4.87. The molecular weight excluding hydrogens is 262 g/mol. The lowest BCUT2D eigenvalue weighted by Gasteiger charge is -2.26. The van der Waals surface area contributed by atoms with Gasteiger partial charge in [0.15, 0.2) is 0 Å². The minimum Gasteiger partial charge on any atom is -0.493 e. The molecule has 2 rings (SSSR count). The number of benzene rings is 1. The van der Waals surface area contributed by atoms with Crippen molar-refractivity contribution >= 4 is 12.4 Å². The van der Waals surface area contributed by atoms with Crippen molar-refractivity contribution in [1.29, 1.82) is 0 Å². The van der Waals surface area contributed by atoms with Crippen LogP contribution in [-0.4, -0.2) is 36.2 Å². The Morgan fingerprint density at radius 2 is 1.84 bits per heavy atom. The van der Waals surface area contributed by atoms with Crippen molar-refractivity contribution in [2.75, 3.05) is 26.2 Å². The van der Waals surface area contributed by atoms with Crippen LogP contribution in [0.25, 0.3) is 0 Å². The number of para-hydroxylation sites is 1. The molecule has 0 amide bonds. The van der Waals surface area contributed by atoms with Gasteiger partial charge < -0.3 is 14.7 Å². The summed E-state index contributed by atoms with van der Waals surface area (Å²) in [5.74, 6) is 0.818. The van der Waals surface area contributed by atoms with Crippen LogP contribution in [0.2, 0.25) is 0 Å². The molecule has 0 radical (unpaired) electrons. The maximum absolute atomic E-state index is 9.19. The van der Waals surface area contributed by atoms with E-state index in [1.807, 2.05) is 24.3 Å². The first-order chi connectivity index (χ1) is 8.90. The quantitative estimate of drug-likeness (QED) is 0.816. The van der Waals surface area contributed by atoms with Gasteiger partial charge in [0.05, 0.1) is 13.2 Å². The molecule has 1 aromatic rings. The Morgan fingerprint density at radius 1 is 1.11 bits per heavy atom. The van der Waals surface area contributed by atoms with Crippen molar-refractivity contribution < 1.29 is 9.84 Å². The first-order valence-corrected chi connectivity index (χ1v) is 6.94. The van der Waals surface area contributed by atoms with Crippen LogP contribution in [0.4, 0.5) is 0 Å². The number of hydrogen-bond acceptors (Lipinski definition) is 3. The summed E-state index contributed by atoms with van der Waals surface area (Å²) in [7, 11) is 0. The van der Waals surface area contributed by atoms with E-state index in [0.29, 0.717) is 0 Å². The molecule has 1 N–H and O–H groups in total. The Morgan fingerprint density at radius 3 is 2.58 bits per heavy atom. The van der Waals surface area contributed by atoms with Gasteiger partial charge in [-0.25, -0.2) is 0 Å².